The molecule has 0 bridgehead atoms. The molecule has 174 valence electrons. The van der Waals surface area contributed by atoms with Crippen LogP contribution in [0.25, 0.3) is 0 Å². The molecule has 0 spiro atoms. The molecule has 2 aliphatic heterocycles. The lowest BCUT2D eigenvalue weighted by atomic mass is 10.2. The number of methoxy groups -OCH3 is 1. The fourth-order valence-corrected chi connectivity index (χ4v) is 4.27. The molecular weight excluding hydrogens is 411 g/mol. The number of rotatable bonds is 8. The standard InChI is InChI=1S/C22H33FN8O/c1-4-30-9-5-6-17(30)15-24-20-26-21(25-16-7-8-19(32-3)18(23)14-16)28-22(27-20)31-12-10-29(2)11-13-31/h7-8,14,17H,4-6,9-13,15H2,1-3H3,(H2,24,25,26,27,28). The van der Waals surface area contributed by atoms with E-state index in [9.17, 15) is 4.39 Å². The first-order chi connectivity index (χ1) is 15.6. The number of hydrogen-bond acceptors (Lipinski definition) is 9. The molecule has 0 saturated carbocycles. The fraction of sp³-hybridized carbons (Fsp3) is 0.591. The van der Waals surface area contributed by atoms with Gasteiger partial charge in [-0.25, -0.2) is 4.39 Å². The zero-order valence-corrected chi connectivity index (χ0v) is 19.1. The highest BCUT2D eigenvalue weighted by Crippen LogP contribution is 2.24. The second-order valence-corrected chi connectivity index (χ2v) is 8.35. The summed E-state index contributed by atoms with van der Waals surface area (Å²) < 4.78 is 19.2. The van der Waals surface area contributed by atoms with Crippen molar-refractivity contribution in [3.8, 4) is 5.75 Å². The van der Waals surface area contributed by atoms with Gasteiger partial charge in [-0.15, -0.1) is 0 Å². The van der Waals surface area contributed by atoms with Gasteiger partial charge in [-0.1, -0.05) is 6.92 Å². The van der Waals surface area contributed by atoms with E-state index < -0.39 is 5.82 Å². The lowest BCUT2D eigenvalue weighted by Crippen LogP contribution is -2.45. The van der Waals surface area contributed by atoms with E-state index in [2.05, 4.69) is 49.3 Å². The Morgan fingerprint density at radius 2 is 1.88 bits per heavy atom. The summed E-state index contributed by atoms with van der Waals surface area (Å²) in [6, 6.07) is 5.18. The van der Waals surface area contributed by atoms with E-state index in [0.717, 1.165) is 45.8 Å². The number of anilines is 4. The predicted octanol–water partition coefficient (Wildman–Crippen LogP) is 2.41. The molecule has 3 heterocycles. The van der Waals surface area contributed by atoms with E-state index in [1.165, 1.54) is 26.0 Å². The quantitative estimate of drug-likeness (QED) is 0.638. The van der Waals surface area contributed by atoms with Crippen LogP contribution < -0.4 is 20.3 Å². The lowest BCUT2D eigenvalue weighted by molar-refractivity contribution is 0.276. The summed E-state index contributed by atoms with van der Waals surface area (Å²) in [5.74, 6) is 1.31. The predicted molar refractivity (Wildman–Crippen MR) is 125 cm³/mol. The van der Waals surface area contributed by atoms with Crippen LogP contribution in [0, 0.1) is 5.82 Å². The van der Waals surface area contributed by atoms with Crippen LogP contribution in [0.4, 0.5) is 27.9 Å². The second kappa shape index (κ2) is 10.3. The smallest absolute Gasteiger partial charge is 0.233 e. The maximum atomic E-state index is 14.2. The van der Waals surface area contributed by atoms with Gasteiger partial charge in [0.05, 0.1) is 7.11 Å². The highest BCUT2D eigenvalue weighted by atomic mass is 19.1. The number of nitrogens with zero attached hydrogens (tertiary/aromatic N) is 6. The molecule has 2 N–H and O–H groups in total. The topological polar surface area (TPSA) is 81.7 Å². The average Bonchev–Trinajstić information content (AvgIpc) is 3.26. The van der Waals surface area contributed by atoms with E-state index in [0.29, 0.717) is 29.6 Å². The van der Waals surface area contributed by atoms with Crippen LogP contribution in [-0.2, 0) is 0 Å². The third kappa shape index (κ3) is 5.36. The number of benzene rings is 1. The van der Waals surface area contributed by atoms with Crippen molar-refractivity contribution in [3.63, 3.8) is 0 Å². The zero-order valence-electron chi connectivity index (χ0n) is 19.1. The van der Waals surface area contributed by atoms with Crippen LogP contribution in [0.15, 0.2) is 18.2 Å². The van der Waals surface area contributed by atoms with Gasteiger partial charge in [-0.3, -0.25) is 4.90 Å². The van der Waals surface area contributed by atoms with Crippen LogP contribution in [0.3, 0.4) is 0 Å². The second-order valence-electron chi connectivity index (χ2n) is 8.35. The highest BCUT2D eigenvalue weighted by molar-refractivity contribution is 5.57. The fourth-order valence-electron chi connectivity index (χ4n) is 4.27. The van der Waals surface area contributed by atoms with E-state index in [4.69, 9.17) is 9.72 Å². The SMILES string of the molecule is CCN1CCCC1CNc1nc(Nc2ccc(OC)c(F)c2)nc(N2CCN(C)CC2)n1. The van der Waals surface area contributed by atoms with Gasteiger partial charge in [0.15, 0.2) is 11.6 Å². The summed E-state index contributed by atoms with van der Waals surface area (Å²) in [6.07, 6.45) is 2.40. The van der Waals surface area contributed by atoms with Crippen molar-refractivity contribution in [2.75, 3.05) is 75.5 Å². The van der Waals surface area contributed by atoms with Gasteiger partial charge in [0.2, 0.25) is 17.8 Å². The van der Waals surface area contributed by atoms with Gasteiger partial charge in [0, 0.05) is 50.5 Å². The minimum Gasteiger partial charge on any atom is -0.494 e. The molecule has 1 aromatic carbocycles. The van der Waals surface area contributed by atoms with Crippen molar-refractivity contribution in [3.05, 3.63) is 24.0 Å². The van der Waals surface area contributed by atoms with Gasteiger partial charge in [0.25, 0.3) is 0 Å². The maximum absolute atomic E-state index is 14.2. The van der Waals surface area contributed by atoms with Gasteiger partial charge < -0.3 is 25.2 Å². The first kappa shape index (κ1) is 22.5. The highest BCUT2D eigenvalue weighted by Gasteiger charge is 2.24. The average molecular weight is 445 g/mol. The van der Waals surface area contributed by atoms with Crippen molar-refractivity contribution in [2.24, 2.45) is 0 Å². The number of ether oxygens (including phenoxy) is 1. The molecule has 2 aromatic rings. The summed E-state index contributed by atoms with van der Waals surface area (Å²) in [6.45, 7) is 8.78. The molecule has 0 aliphatic carbocycles. The van der Waals surface area contributed by atoms with Crippen molar-refractivity contribution in [2.45, 2.75) is 25.8 Å². The summed E-state index contributed by atoms with van der Waals surface area (Å²) in [5, 5.41) is 6.55. The molecule has 0 radical (unpaired) electrons. The van der Waals surface area contributed by atoms with Crippen LogP contribution in [0.2, 0.25) is 0 Å². The summed E-state index contributed by atoms with van der Waals surface area (Å²) in [4.78, 5) is 20.8. The molecule has 9 nitrogen and oxygen atoms in total. The molecule has 10 heteroatoms. The molecule has 0 amide bonds. The molecule has 2 fully saturated rings. The lowest BCUT2D eigenvalue weighted by Gasteiger charge is -2.32. The Bertz CT molecular complexity index is 905. The first-order valence-electron chi connectivity index (χ1n) is 11.3. The Morgan fingerprint density at radius 1 is 1.09 bits per heavy atom. The molecule has 1 unspecified atom stereocenters. The Hall–Kier alpha value is -2.72. The number of piperazine rings is 1. The van der Waals surface area contributed by atoms with Crippen molar-refractivity contribution in [1.29, 1.82) is 0 Å². The Morgan fingerprint density at radius 3 is 2.59 bits per heavy atom. The van der Waals surface area contributed by atoms with Crippen LogP contribution in [0.5, 0.6) is 5.75 Å². The largest absolute Gasteiger partial charge is 0.494 e. The summed E-state index contributed by atoms with van der Waals surface area (Å²) >= 11 is 0. The van der Waals surface area contributed by atoms with E-state index in [1.54, 1.807) is 12.1 Å². The normalized spacial score (nSPS) is 19.9. The van der Waals surface area contributed by atoms with E-state index in [-0.39, 0.29) is 5.75 Å². The minimum absolute atomic E-state index is 0.198. The van der Waals surface area contributed by atoms with Crippen LogP contribution in [-0.4, -0.2) is 90.8 Å². The summed E-state index contributed by atoms with van der Waals surface area (Å²) in [5.41, 5.74) is 0.553. The van der Waals surface area contributed by atoms with E-state index in [1.807, 2.05) is 0 Å². The number of hydrogen-bond donors (Lipinski definition) is 2. The Labute approximate surface area is 189 Å². The van der Waals surface area contributed by atoms with Gasteiger partial charge in [0.1, 0.15) is 0 Å². The third-order valence-electron chi connectivity index (χ3n) is 6.22. The molecule has 1 atom stereocenters. The number of halogens is 1. The number of likely N-dealkylation sites (N-methyl/N-ethyl adjacent to an activating group) is 2. The zero-order chi connectivity index (χ0) is 22.5. The molecular formula is C22H33FN8O. The molecule has 2 saturated heterocycles. The van der Waals surface area contributed by atoms with Crippen molar-refractivity contribution >= 4 is 23.5 Å². The van der Waals surface area contributed by atoms with Gasteiger partial charge >= 0.3 is 0 Å². The molecule has 1 aromatic heterocycles. The Kier molecular flexibility index (Phi) is 7.21. The third-order valence-corrected chi connectivity index (χ3v) is 6.22. The van der Waals surface area contributed by atoms with E-state index >= 15 is 0 Å². The molecule has 2 aliphatic rings. The first-order valence-corrected chi connectivity index (χ1v) is 11.3. The van der Waals surface area contributed by atoms with Crippen molar-refractivity contribution in [1.82, 2.24) is 24.8 Å². The minimum atomic E-state index is -0.440. The number of likely N-dealkylation sites (tertiary alicyclic amines) is 1. The van der Waals surface area contributed by atoms with Crippen LogP contribution in [0.1, 0.15) is 19.8 Å². The molecule has 32 heavy (non-hydrogen) atoms. The van der Waals surface area contributed by atoms with Gasteiger partial charge in [-0.2, -0.15) is 15.0 Å². The van der Waals surface area contributed by atoms with Crippen molar-refractivity contribution < 1.29 is 9.13 Å². The van der Waals surface area contributed by atoms with Gasteiger partial charge in [-0.05, 0) is 45.1 Å². The maximum Gasteiger partial charge on any atom is 0.233 e. The summed E-state index contributed by atoms with van der Waals surface area (Å²) in [7, 11) is 3.56. The Balaban J connectivity index is 1.54. The molecule has 4 rings (SSSR count). The monoisotopic (exact) mass is 444 g/mol. The number of nitrogens with one attached hydrogen (secondary N) is 2. The van der Waals surface area contributed by atoms with Crippen LogP contribution >= 0.6 is 0 Å². The number of aromatic nitrogens is 3.